The van der Waals surface area contributed by atoms with Crippen molar-refractivity contribution in [3.05, 3.63) is 24.3 Å². The van der Waals surface area contributed by atoms with Gasteiger partial charge >= 0.3 is 5.97 Å². The minimum Gasteiger partial charge on any atom is -0.497 e. The third-order valence-corrected chi connectivity index (χ3v) is 3.34. The number of carboxylic acids is 1. The van der Waals surface area contributed by atoms with Gasteiger partial charge in [0, 0.05) is 18.3 Å². The number of likely N-dealkylation sites (tertiary alicyclic amines) is 1. The Balaban J connectivity index is 1.85. The number of nitrogens with zero attached hydrogens (tertiary/aromatic N) is 1. The van der Waals surface area contributed by atoms with Crippen LogP contribution in [0.2, 0.25) is 0 Å². The fourth-order valence-electron chi connectivity index (χ4n) is 2.28. The third-order valence-electron chi connectivity index (χ3n) is 3.34. The van der Waals surface area contributed by atoms with Crippen molar-refractivity contribution < 1.29 is 19.4 Å². The molecule has 1 aliphatic heterocycles. The van der Waals surface area contributed by atoms with Gasteiger partial charge in [-0.25, -0.2) is 0 Å². The van der Waals surface area contributed by atoms with Crippen LogP contribution in [-0.4, -0.2) is 48.6 Å². The summed E-state index contributed by atoms with van der Waals surface area (Å²) in [5.74, 6) is -0.625. The molecule has 0 bridgehead atoms. The first-order valence-electron chi connectivity index (χ1n) is 6.47. The number of aliphatic carboxylic acids is 1. The van der Waals surface area contributed by atoms with E-state index in [0.29, 0.717) is 30.9 Å². The molecule has 1 heterocycles. The van der Waals surface area contributed by atoms with Crippen molar-refractivity contribution >= 4 is 17.6 Å². The highest BCUT2D eigenvalue weighted by atomic mass is 16.5. The molecule has 1 aliphatic rings. The number of benzene rings is 1. The molecule has 2 N–H and O–H groups in total. The average Bonchev–Trinajstić information content (AvgIpc) is 2.87. The smallest absolute Gasteiger partial charge is 0.307 e. The zero-order valence-electron chi connectivity index (χ0n) is 11.3. The normalized spacial score (nSPS) is 18.8. The van der Waals surface area contributed by atoms with Crippen LogP contribution < -0.4 is 10.1 Å². The number of nitrogens with one attached hydrogen (secondary N) is 1. The molecule has 0 saturated carbocycles. The second-order valence-electron chi connectivity index (χ2n) is 4.84. The fraction of sp³-hybridized carbons (Fsp3) is 0.429. The minimum absolute atomic E-state index is 0.149. The van der Waals surface area contributed by atoms with Crippen LogP contribution in [0.3, 0.4) is 0 Å². The Kier molecular flexibility index (Phi) is 4.57. The Hall–Kier alpha value is -2.08. The summed E-state index contributed by atoms with van der Waals surface area (Å²) in [5.41, 5.74) is 0.670. The third kappa shape index (κ3) is 3.71. The zero-order valence-corrected chi connectivity index (χ0v) is 11.3. The van der Waals surface area contributed by atoms with Gasteiger partial charge in [0.15, 0.2) is 0 Å². The predicted octanol–water partition coefficient (Wildman–Crippen LogP) is 1.04. The molecule has 20 heavy (non-hydrogen) atoms. The predicted molar refractivity (Wildman–Crippen MR) is 73.8 cm³/mol. The van der Waals surface area contributed by atoms with E-state index in [1.54, 1.807) is 31.4 Å². The number of rotatable bonds is 5. The highest BCUT2D eigenvalue weighted by Gasteiger charge is 2.28. The van der Waals surface area contributed by atoms with Crippen LogP contribution in [0, 0.1) is 5.92 Å². The Labute approximate surface area is 117 Å². The number of carbonyl (C=O) groups excluding carboxylic acids is 1. The molecule has 0 aromatic heterocycles. The van der Waals surface area contributed by atoms with Crippen LogP contribution in [-0.2, 0) is 9.59 Å². The molecule has 0 radical (unpaired) electrons. The number of amides is 1. The molecule has 108 valence electrons. The maximum atomic E-state index is 11.9. The number of hydrogen-bond donors (Lipinski definition) is 2. The van der Waals surface area contributed by atoms with Crippen LogP contribution in [0.4, 0.5) is 5.69 Å². The van der Waals surface area contributed by atoms with Gasteiger partial charge in [-0.1, -0.05) is 6.07 Å². The monoisotopic (exact) mass is 278 g/mol. The number of hydrogen-bond acceptors (Lipinski definition) is 4. The molecule has 1 aromatic rings. The molecule has 1 fully saturated rings. The molecule has 1 unspecified atom stereocenters. The summed E-state index contributed by atoms with van der Waals surface area (Å²) in [7, 11) is 1.57. The standard InChI is InChI=1S/C14H18N2O4/c1-20-12-4-2-3-11(7-12)15-13(17)9-16-6-5-10(8-16)14(18)19/h2-4,7,10H,5-6,8-9H2,1H3,(H,15,17)(H,18,19). The summed E-state index contributed by atoms with van der Waals surface area (Å²) in [4.78, 5) is 24.6. The van der Waals surface area contributed by atoms with Crippen molar-refractivity contribution in [3.8, 4) is 5.75 Å². The molecule has 1 atom stereocenters. The summed E-state index contributed by atoms with van der Waals surface area (Å²) >= 11 is 0. The average molecular weight is 278 g/mol. The van der Waals surface area contributed by atoms with Gasteiger partial charge < -0.3 is 15.2 Å². The summed E-state index contributed by atoms with van der Waals surface area (Å²) in [5, 5.41) is 11.7. The molecule has 6 nitrogen and oxygen atoms in total. The molecular formula is C14H18N2O4. The maximum absolute atomic E-state index is 11.9. The number of ether oxygens (including phenoxy) is 1. The van der Waals surface area contributed by atoms with Crippen LogP contribution in [0.15, 0.2) is 24.3 Å². The summed E-state index contributed by atoms with van der Waals surface area (Å²) < 4.78 is 5.08. The van der Waals surface area contributed by atoms with Gasteiger partial charge in [0.05, 0.1) is 19.6 Å². The van der Waals surface area contributed by atoms with E-state index in [0.717, 1.165) is 0 Å². The Morgan fingerprint density at radius 1 is 1.50 bits per heavy atom. The molecule has 1 aromatic carbocycles. The Morgan fingerprint density at radius 3 is 2.95 bits per heavy atom. The quantitative estimate of drug-likeness (QED) is 0.841. The lowest BCUT2D eigenvalue weighted by Gasteiger charge is -2.15. The van der Waals surface area contributed by atoms with E-state index in [2.05, 4.69) is 5.32 Å². The summed E-state index contributed by atoms with van der Waals surface area (Å²) in [6, 6.07) is 7.12. The molecule has 0 spiro atoms. The van der Waals surface area contributed by atoms with Crippen LogP contribution in [0.25, 0.3) is 0 Å². The van der Waals surface area contributed by atoms with Gasteiger partial charge in [-0.05, 0) is 25.1 Å². The minimum atomic E-state index is -0.791. The van der Waals surface area contributed by atoms with Crippen molar-refractivity contribution in [2.24, 2.45) is 5.92 Å². The maximum Gasteiger partial charge on any atom is 0.307 e. The SMILES string of the molecule is COc1cccc(NC(=O)CN2CCC(C(=O)O)C2)c1. The molecular weight excluding hydrogens is 260 g/mol. The van der Waals surface area contributed by atoms with Crippen LogP contribution in [0.1, 0.15) is 6.42 Å². The second kappa shape index (κ2) is 6.38. The molecule has 0 aliphatic carbocycles. The lowest BCUT2D eigenvalue weighted by Crippen LogP contribution is -2.32. The second-order valence-corrected chi connectivity index (χ2v) is 4.84. The number of carboxylic acid groups (broad SMARTS) is 1. The lowest BCUT2D eigenvalue weighted by atomic mass is 10.1. The van der Waals surface area contributed by atoms with Gasteiger partial charge in [0.2, 0.25) is 5.91 Å². The van der Waals surface area contributed by atoms with E-state index in [1.807, 2.05) is 4.90 Å². The van der Waals surface area contributed by atoms with E-state index < -0.39 is 5.97 Å². The molecule has 6 heteroatoms. The largest absolute Gasteiger partial charge is 0.497 e. The molecule has 1 saturated heterocycles. The zero-order chi connectivity index (χ0) is 14.5. The van der Waals surface area contributed by atoms with Crippen molar-refractivity contribution in [1.29, 1.82) is 0 Å². The van der Waals surface area contributed by atoms with E-state index in [-0.39, 0.29) is 18.4 Å². The molecule has 1 amide bonds. The highest BCUT2D eigenvalue weighted by Crippen LogP contribution is 2.18. The summed E-state index contributed by atoms with van der Waals surface area (Å²) in [6.07, 6.45) is 0.599. The first kappa shape index (κ1) is 14.3. The highest BCUT2D eigenvalue weighted by molar-refractivity contribution is 5.92. The van der Waals surface area contributed by atoms with E-state index in [9.17, 15) is 9.59 Å². The summed E-state index contributed by atoms with van der Waals surface area (Å²) in [6.45, 7) is 1.28. The van der Waals surface area contributed by atoms with Crippen molar-refractivity contribution in [1.82, 2.24) is 4.90 Å². The van der Waals surface area contributed by atoms with Gasteiger partial charge in [-0.15, -0.1) is 0 Å². The Bertz CT molecular complexity index is 504. The van der Waals surface area contributed by atoms with Gasteiger partial charge in [0.25, 0.3) is 0 Å². The van der Waals surface area contributed by atoms with E-state index in [4.69, 9.17) is 9.84 Å². The first-order valence-corrected chi connectivity index (χ1v) is 6.47. The molecule has 2 rings (SSSR count). The van der Waals surface area contributed by atoms with Gasteiger partial charge in [-0.3, -0.25) is 14.5 Å². The number of methoxy groups -OCH3 is 1. The van der Waals surface area contributed by atoms with Gasteiger partial charge in [-0.2, -0.15) is 0 Å². The van der Waals surface area contributed by atoms with Crippen molar-refractivity contribution in [3.63, 3.8) is 0 Å². The Morgan fingerprint density at radius 2 is 2.30 bits per heavy atom. The van der Waals surface area contributed by atoms with Crippen LogP contribution >= 0.6 is 0 Å². The van der Waals surface area contributed by atoms with Crippen LogP contribution in [0.5, 0.6) is 5.75 Å². The fourth-order valence-corrected chi connectivity index (χ4v) is 2.28. The topological polar surface area (TPSA) is 78.9 Å². The van der Waals surface area contributed by atoms with E-state index >= 15 is 0 Å². The van der Waals surface area contributed by atoms with Crippen molar-refractivity contribution in [2.75, 3.05) is 32.1 Å². The van der Waals surface area contributed by atoms with E-state index in [1.165, 1.54) is 0 Å². The lowest BCUT2D eigenvalue weighted by molar-refractivity contribution is -0.141. The first-order chi connectivity index (χ1) is 9.58. The van der Waals surface area contributed by atoms with Crippen molar-refractivity contribution in [2.45, 2.75) is 6.42 Å². The number of carbonyl (C=O) groups is 2. The number of anilines is 1. The van der Waals surface area contributed by atoms with Gasteiger partial charge in [0.1, 0.15) is 5.75 Å².